The number of aliphatic hydroxyl groups is 1. The van der Waals surface area contributed by atoms with Gasteiger partial charge in [0.25, 0.3) is 5.78 Å². The first-order valence-electron chi connectivity index (χ1n) is 10.1. The molecule has 1 aliphatic heterocycles. The summed E-state index contributed by atoms with van der Waals surface area (Å²) in [4.78, 5) is 27.3. The van der Waals surface area contributed by atoms with E-state index in [-0.39, 0.29) is 17.2 Å². The molecule has 3 aromatic rings. The standard InChI is InChI=1S/C24H21ClN2O5/c1-3-12-31-18-10-6-16(7-11-18)22(28)20-21(15-4-8-17(25)9-5-15)27(24(30)23(20)29)19-13-14(2)32-26-19/h4-11,13,21,28H,3,12H2,1-2H3/b22-20+/t21-/m0/s1. The van der Waals surface area contributed by atoms with Gasteiger partial charge in [0, 0.05) is 16.7 Å². The minimum absolute atomic E-state index is 0.0415. The minimum atomic E-state index is -0.896. The number of nitrogens with zero attached hydrogens (tertiary/aromatic N) is 2. The Bertz CT molecular complexity index is 1180. The summed E-state index contributed by atoms with van der Waals surface area (Å²) in [6.45, 7) is 4.27. The van der Waals surface area contributed by atoms with Crippen LogP contribution in [0.25, 0.3) is 5.76 Å². The minimum Gasteiger partial charge on any atom is -0.507 e. The van der Waals surface area contributed by atoms with E-state index in [1.807, 2.05) is 6.92 Å². The Morgan fingerprint density at radius 2 is 1.84 bits per heavy atom. The van der Waals surface area contributed by atoms with Gasteiger partial charge in [-0.1, -0.05) is 35.8 Å². The van der Waals surface area contributed by atoms with Gasteiger partial charge >= 0.3 is 5.91 Å². The SMILES string of the molecule is CCCOc1ccc(/C(O)=C2\C(=O)C(=O)N(c3cc(C)on3)[C@H]2c2ccc(Cl)cc2)cc1. The van der Waals surface area contributed by atoms with E-state index in [4.69, 9.17) is 20.9 Å². The van der Waals surface area contributed by atoms with Crippen LogP contribution in [0.2, 0.25) is 5.02 Å². The second-order valence-corrected chi connectivity index (χ2v) is 7.83. The number of Topliss-reactive ketones (excluding diaryl/α,β-unsaturated/α-hetero) is 1. The average Bonchev–Trinajstić information content (AvgIpc) is 3.33. The third kappa shape index (κ3) is 3.99. The molecule has 0 saturated carbocycles. The van der Waals surface area contributed by atoms with Crippen molar-refractivity contribution >= 4 is 34.9 Å². The molecule has 0 radical (unpaired) electrons. The van der Waals surface area contributed by atoms with Gasteiger partial charge in [-0.05, 0) is 55.3 Å². The Kier molecular flexibility index (Phi) is 6.01. The van der Waals surface area contributed by atoms with Crippen molar-refractivity contribution in [3.05, 3.63) is 82.1 Å². The third-order valence-corrected chi connectivity index (χ3v) is 5.35. The molecule has 2 aromatic carbocycles. The zero-order chi connectivity index (χ0) is 22.8. The van der Waals surface area contributed by atoms with Crippen molar-refractivity contribution < 1.29 is 24.0 Å². The first-order valence-corrected chi connectivity index (χ1v) is 10.5. The molecule has 1 atom stereocenters. The maximum absolute atomic E-state index is 13.1. The van der Waals surface area contributed by atoms with Gasteiger partial charge in [0.2, 0.25) is 0 Å². The van der Waals surface area contributed by atoms with E-state index < -0.39 is 17.7 Å². The lowest BCUT2D eigenvalue weighted by atomic mass is 9.95. The second-order valence-electron chi connectivity index (χ2n) is 7.39. The lowest BCUT2D eigenvalue weighted by molar-refractivity contribution is -0.132. The number of amides is 1. The lowest BCUT2D eigenvalue weighted by Gasteiger charge is -2.22. The fourth-order valence-corrected chi connectivity index (χ4v) is 3.71. The molecule has 0 unspecified atom stereocenters. The maximum Gasteiger partial charge on any atom is 0.301 e. The van der Waals surface area contributed by atoms with E-state index in [9.17, 15) is 14.7 Å². The molecular formula is C24H21ClN2O5. The number of ether oxygens (including phenoxy) is 1. The first-order chi connectivity index (χ1) is 15.4. The maximum atomic E-state index is 13.1. The largest absolute Gasteiger partial charge is 0.507 e. The smallest absolute Gasteiger partial charge is 0.301 e. The van der Waals surface area contributed by atoms with E-state index in [2.05, 4.69) is 5.16 Å². The number of hydrogen-bond acceptors (Lipinski definition) is 6. The van der Waals surface area contributed by atoms with Crippen LogP contribution in [0.3, 0.4) is 0 Å². The highest BCUT2D eigenvalue weighted by Crippen LogP contribution is 2.42. The van der Waals surface area contributed by atoms with Gasteiger partial charge in [0.1, 0.15) is 17.3 Å². The van der Waals surface area contributed by atoms with Crippen LogP contribution in [0.15, 0.2) is 64.7 Å². The van der Waals surface area contributed by atoms with Crippen LogP contribution in [0.1, 0.15) is 36.3 Å². The first kappa shape index (κ1) is 21.6. The Labute approximate surface area is 189 Å². The third-order valence-electron chi connectivity index (χ3n) is 5.09. The molecule has 1 saturated heterocycles. The van der Waals surface area contributed by atoms with Crippen LogP contribution < -0.4 is 9.64 Å². The predicted octanol–water partition coefficient (Wildman–Crippen LogP) is 5.05. The van der Waals surface area contributed by atoms with Gasteiger partial charge in [0.15, 0.2) is 5.82 Å². The molecule has 1 aromatic heterocycles. The number of aromatic nitrogens is 1. The van der Waals surface area contributed by atoms with E-state index in [1.54, 1.807) is 61.5 Å². The van der Waals surface area contributed by atoms with Gasteiger partial charge in [-0.15, -0.1) is 0 Å². The van der Waals surface area contributed by atoms with Gasteiger partial charge in [-0.25, -0.2) is 0 Å². The average molecular weight is 453 g/mol. The summed E-state index contributed by atoms with van der Waals surface area (Å²) in [5, 5.41) is 15.5. The van der Waals surface area contributed by atoms with Crippen molar-refractivity contribution in [2.24, 2.45) is 0 Å². The van der Waals surface area contributed by atoms with E-state index in [0.29, 0.717) is 34.3 Å². The molecule has 0 aliphatic carbocycles. The molecule has 8 heteroatoms. The quantitative estimate of drug-likeness (QED) is 0.319. The molecule has 7 nitrogen and oxygen atoms in total. The predicted molar refractivity (Wildman–Crippen MR) is 120 cm³/mol. The molecule has 0 spiro atoms. The number of carbonyl (C=O) groups excluding carboxylic acids is 2. The summed E-state index contributed by atoms with van der Waals surface area (Å²) in [7, 11) is 0. The normalized spacial score (nSPS) is 17.7. The van der Waals surface area contributed by atoms with Crippen LogP contribution in [0, 0.1) is 6.92 Å². The van der Waals surface area contributed by atoms with Crippen molar-refractivity contribution in [2.45, 2.75) is 26.3 Å². The Hall–Kier alpha value is -3.58. The van der Waals surface area contributed by atoms with Crippen molar-refractivity contribution in [1.82, 2.24) is 5.16 Å². The topological polar surface area (TPSA) is 92.9 Å². The molecule has 4 rings (SSSR count). The fourth-order valence-electron chi connectivity index (χ4n) is 3.58. The van der Waals surface area contributed by atoms with E-state index in [0.717, 1.165) is 6.42 Å². The van der Waals surface area contributed by atoms with Crippen molar-refractivity contribution in [3.8, 4) is 5.75 Å². The number of aryl methyl sites for hydroxylation is 1. The van der Waals surface area contributed by atoms with Crippen LogP contribution in [0.4, 0.5) is 5.82 Å². The van der Waals surface area contributed by atoms with E-state index >= 15 is 0 Å². The molecule has 164 valence electrons. The monoisotopic (exact) mass is 452 g/mol. The number of ketones is 1. The molecule has 1 N–H and O–H groups in total. The van der Waals surface area contributed by atoms with E-state index in [1.165, 1.54) is 4.90 Å². The number of benzene rings is 2. The second kappa shape index (κ2) is 8.88. The molecule has 1 amide bonds. The summed E-state index contributed by atoms with van der Waals surface area (Å²) in [6.07, 6.45) is 0.869. The summed E-state index contributed by atoms with van der Waals surface area (Å²) < 4.78 is 10.7. The zero-order valence-corrected chi connectivity index (χ0v) is 18.3. The zero-order valence-electron chi connectivity index (χ0n) is 17.5. The summed E-state index contributed by atoms with van der Waals surface area (Å²) in [5.41, 5.74) is 0.945. The summed E-state index contributed by atoms with van der Waals surface area (Å²) >= 11 is 6.03. The number of aliphatic hydroxyl groups excluding tert-OH is 1. The van der Waals surface area contributed by atoms with Crippen molar-refractivity contribution in [2.75, 3.05) is 11.5 Å². The number of carbonyl (C=O) groups is 2. The number of rotatable bonds is 6. The van der Waals surface area contributed by atoms with Crippen LogP contribution in [0.5, 0.6) is 5.75 Å². The van der Waals surface area contributed by atoms with Crippen LogP contribution >= 0.6 is 11.6 Å². The number of hydrogen-bond donors (Lipinski definition) is 1. The van der Waals surface area contributed by atoms with Gasteiger partial charge < -0.3 is 14.4 Å². The molecule has 1 aliphatic rings. The Balaban J connectivity index is 1.83. The molecule has 2 heterocycles. The Morgan fingerprint density at radius 1 is 1.16 bits per heavy atom. The van der Waals surface area contributed by atoms with Crippen LogP contribution in [-0.4, -0.2) is 28.6 Å². The molecule has 0 bridgehead atoms. The number of halogens is 1. The van der Waals surface area contributed by atoms with Gasteiger partial charge in [-0.2, -0.15) is 0 Å². The fraction of sp³-hybridized carbons (Fsp3) is 0.208. The van der Waals surface area contributed by atoms with Gasteiger partial charge in [0.05, 0.1) is 18.2 Å². The Morgan fingerprint density at radius 3 is 2.44 bits per heavy atom. The van der Waals surface area contributed by atoms with Crippen molar-refractivity contribution in [1.29, 1.82) is 0 Å². The highest BCUT2D eigenvalue weighted by atomic mass is 35.5. The summed E-state index contributed by atoms with van der Waals surface area (Å²) in [6, 6.07) is 14.1. The lowest BCUT2D eigenvalue weighted by Crippen LogP contribution is -2.29. The van der Waals surface area contributed by atoms with Crippen LogP contribution in [-0.2, 0) is 9.59 Å². The molecule has 32 heavy (non-hydrogen) atoms. The highest BCUT2D eigenvalue weighted by Gasteiger charge is 2.48. The molecular weight excluding hydrogens is 432 g/mol. The number of anilines is 1. The highest BCUT2D eigenvalue weighted by molar-refractivity contribution is 6.51. The van der Waals surface area contributed by atoms with Gasteiger partial charge in [-0.3, -0.25) is 14.5 Å². The van der Waals surface area contributed by atoms with Crippen molar-refractivity contribution in [3.63, 3.8) is 0 Å². The molecule has 1 fully saturated rings. The summed E-state index contributed by atoms with van der Waals surface area (Å²) in [5.74, 6) is -0.576.